The number of hydrogen-bond donors (Lipinski definition) is 4. The second kappa shape index (κ2) is 12.5. The molecule has 0 atom stereocenters. The van der Waals surface area contributed by atoms with Gasteiger partial charge in [0.25, 0.3) is 0 Å². The van der Waals surface area contributed by atoms with Crippen LogP contribution >= 0.6 is 0 Å². The molecule has 0 saturated heterocycles. The SMILES string of the molecule is Cc1ccc(-n2nc(C(C)(C)C)cc2NC(=O)Nc2ccc(Oc3ccnc(NC(=O)NC(C)C)c3)c3ccccc23)cc1. The van der Waals surface area contributed by atoms with Crippen LogP contribution in [0.1, 0.15) is 45.9 Å². The zero-order valence-corrected chi connectivity index (χ0v) is 25.7. The summed E-state index contributed by atoms with van der Waals surface area (Å²) < 4.78 is 7.96. The maximum atomic E-state index is 13.3. The summed E-state index contributed by atoms with van der Waals surface area (Å²) in [5, 5.41) is 17.9. The Hall–Kier alpha value is -5.38. The van der Waals surface area contributed by atoms with Crippen molar-refractivity contribution in [1.82, 2.24) is 20.1 Å². The van der Waals surface area contributed by atoms with Gasteiger partial charge in [-0.1, -0.05) is 62.7 Å². The number of rotatable bonds is 7. The second-order valence-corrected chi connectivity index (χ2v) is 11.9. The monoisotopic (exact) mass is 591 g/mol. The Balaban J connectivity index is 1.37. The number of anilines is 3. The molecule has 0 fully saturated rings. The molecular formula is C34H37N7O3. The molecule has 0 aliphatic rings. The van der Waals surface area contributed by atoms with Crippen LogP contribution in [0.25, 0.3) is 16.5 Å². The van der Waals surface area contributed by atoms with Crippen LogP contribution in [0.3, 0.4) is 0 Å². The normalized spacial score (nSPS) is 11.3. The van der Waals surface area contributed by atoms with E-state index in [1.54, 1.807) is 35.1 Å². The van der Waals surface area contributed by atoms with Crippen LogP contribution in [0, 0.1) is 6.92 Å². The van der Waals surface area contributed by atoms with Crippen molar-refractivity contribution in [2.75, 3.05) is 16.0 Å². The van der Waals surface area contributed by atoms with E-state index < -0.39 is 6.03 Å². The van der Waals surface area contributed by atoms with Gasteiger partial charge in [-0.3, -0.25) is 10.6 Å². The first-order valence-electron chi connectivity index (χ1n) is 14.4. The van der Waals surface area contributed by atoms with Crippen molar-refractivity contribution in [3.8, 4) is 17.2 Å². The molecule has 0 radical (unpaired) electrons. The number of amides is 4. The number of aromatic nitrogens is 3. The molecule has 226 valence electrons. The van der Waals surface area contributed by atoms with E-state index in [9.17, 15) is 9.59 Å². The first-order chi connectivity index (χ1) is 21.0. The summed E-state index contributed by atoms with van der Waals surface area (Å²) >= 11 is 0. The van der Waals surface area contributed by atoms with Crippen LogP contribution in [0.2, 0.25) is 0 Å². The highest BCUT2D eigenvalue weighted by Gasteiger charge is 2.22. The summed E-state index contributed by atoms with van der Waals surface area (Å²) in [4.78, 5) is 29.7. The van der Waals surface area contributed by atoms with E-state index in [1.807, 2.05) is 75.4 Å². The van der Waals surface area contributed by atoms with Gasteiger partial charge in [-0.2, -0.15) is 5.10 Å². The molecule has 0 aliphatic heterocycles. The molecule has 0 bridgehead atoms. The standard InChI is InChI=1S/C34H37N7O3/c1-21(2)36-32(42)38-30-19-24(17-18-35-30)44-28-16-15-27(25-9-7-8-10-26(25)28)37-33(43)39-31-20-29(34(4,5)6)40-41(31)23-13-11-22(3)12-14-23/h7-21H,1-6H3,(H2,37,39,43)(H2,35,36,38,42). The molecule has 10 nitrogen and oxygen atoms in total. The number of carbonyl (C=O) groups excluding carboxylic acids is 2. The number of urea groups is 2. The maximum absolute atomic E-state index is 13.3. The van der Waals surface area contributed by atoms with E-state index in [4.69, 9.17) is 9.84 Å². The van der Waals surface area contributed by atoms with Gasteiger partial charge in [0.2, 0.25) is 0 Å². The van der Waals surface area contributed by atoms with Gasteiger partial charge in [0.15, 0.2) is 0 Å². The van der Waals surface area contributed by atoms with Crippen LogP contribution in [-0.4, -0.2) is 32.9 Å². The minimum Gasteiger partial charge on any atom is -0.457 e. The van der Waals surface area contributed by atoms with Gasteiger partial charge in [0.05, 0.1) is 17.1 Å². The van der Waals surface area contributed by atoms with E-state index >= 15 is 0 Å². The molecule has 5 rings (SSSR count). The fourth-order valence-corrected chi connectivity index (χ4v) is 4.54. The van der Waals surface area contributed by atoms with E-state index in [2.05, 4.69) is 47.0 Å². The van der Waals surface area contributed by atoms with Crippen LogP contribution in [0.4, 0.5) is 26.9 Å². The van der Waals surface area contributed by atoms with Crippen molar-refractivity contribution >= 4 is 40.2 Å². The smallest absolute Gasteiger partial charge is 0.324 e. The number of hydrogen-bond acceptors (Lipinski definition) is 5. The number of nitrogens with one attached hydrogen (secondary N) is 4. The predicted octanol–water partition coefficient (Wildman–Crippen LogP) is 7.99. The number of benzene rings is 3. The number of nitrogens with zero attached hydrogens (tertiary/aromatic N) is 3. The summed E-state index contributed by atoms with van der Waals surface area (Å²) in [6, 6.07) is 23.7. The summed E-state index contributed by atoms with van der Waals surface area (Å²) in [6.07, 6.45) is 1.56. The number of pyridine rings is 1. The molecule has 4 amide bonds. The summed E-state index contributed by atoms with van der Waals surface area (Å²) in [6.45, 7) is 12.0. The zero-order valence-electron chi connectivity index (χ0n) is 25.7. The highest BCUT2D eigenvalue weighted by atomic mass is 16.5. The first-order valence-corrected chi connectivity index (χ1v) is 14.4. The van der Waals surface area contributed by atoms with E-state index in [0.717, 1.165) is 27.7 Å². The topological polar surface area (TPSA) is 122 Å². The Morgan fingerprint density at radius 3 is 2.27 bits per heavy atom. The predicted molar refractivity (Wildman–Crippen MR) is 175 cm³/mol. The van der Waals surface area contributed by atoms with Crippen molar-refractivity contribution in [3.05, 3.63) is 96.3 Å². The summed E-state index contributed by atoms with van der Waals surface area (Å²) in [5.41, 5.74) is 3.25. The molecule has 4 N–H and O–H groups in total. The van der Waals surface area contributed by atoms with Crippen molar-refractivity contribution in [1.29, 1.82) is 0 Å². The van der Waals surface area contributed by atoms with Crippen LogP contribution in [-0.2, 0) is 5.41 Å². The number of carbonyl (C=O) groups is 2. The highest BCUT2D eigenvalue weighted by Crippen LogP contribution is 2.35. The van der Waals surface area contributed by atoms with Gasteiger partial charge in [-0.25, -0.2) is 19.3 Å². The fraction of sp³-hybridized carbons (Fsp3) is 0.235. The third-order valence-corrected chi connectivity index (χ3v) is 6.75. The molecule has 0 saturated carbocycles. The lowest BCUT2D eigenvalue weighted by Gasteiger charge is -2.15. The summed E-state index contributed by atoms with van der Waals surface area (Å²) in [5.74, 6) is 2.01. The third kappa shape index (κ3) is 7.15. The van der Waals surface area contributed by atoms with E-state index in [1.165, 1.54) is 0 Å². The largest absolute Gasteiger partial charge is 0.457 e. The average Bonchev–Trinajstić information content (AvgIpc) is 3.39. The van der Waals surface area contributed by atoms with E-state index in [-0.39, 0.29) is 17.5 Å². The number of aryl methyl sites for hydroxylation is 1. The Bertz CT molecular complexity index is 1800. The lowest BCUT2D eigenvalue weighted by atomic mass is 9.92. The Morgan fingerprint density at radius 2 is 1.57 bits per heavy atom. The van der Waals surface area contributed by atoms with Crippen LogP contribution < -0.4 is 26.0 Å². The lowest BCUT2D eigenvalue weighted by molar-refractivity contribution is 0.250. The Morgan fingerprint density at radius 1 is 0.841 bits per heavy atom. The molecule has 3 aromatic carbocycles. The molecule has 0 unspecified atom stereocenters. The zero-order chi connectivity index (χ0) is 31.4. The average molecular weight is 592 g/mol. The molecule has 10 heteroatoms. The second-order valence-electron chi connectivity index (χ2n) is 11.9. The fourth-order valence-electron chi connectivity index (χ4n) is 4.54. The molecular weight excluding hydrogens is 554 g/mol. The Labute approximate surface area is 256 Å². The number of ether oxygens (including phenoxy) is 1. The van der Waals surface area contributed by atoms with E-state index in [0.29, 0.717) is 28.8 Å². The molecule has 0 aliphatic carbocycles. The summed E-state index contributed by atoms with van der Waals surface area (Å²) in [7, 11) is 0. The van der Waals surface area contributed by atoms with Crippen molar-refractivity contribution < 1.29 is 14.3 Å². The molecule has 5 aromatic rings. The lowest BCUT2D eigenvalue weighted by Crippen LogP contribution is -2.34. The van der Waals surface area contributed by atoms with Gasteiger partial charge in [0, 0.05) is 40.6 Å². The van der Waals surface area contributed by atoms with Gasteiger partial charge in [0.1, 0.15) is 23.1 Å². The third-order valence-electron chi connectivity index (χ3n) is 6.75. The quantitative estimate of drug-likeness (QED) is 0.153. The number of fused-ring (bicyclic) bond motifs is 1. The molecule has 2 aromatic heterocycles. The minimum absolute atomic E-state index is 0.00804. The highest BCUT2D eigenvalue weighted by molar-refractivity contribution is 6.07. The van der Waals surface area contributed by atoms with Crippen molar-refractivity contribution in [3.63, 3.8) is 0 Å². The van der Waals surface area contributed by atoms with Gasteiger partial charge in [-0.05, 0) is 51.1 Å². The Kier molecular flexibility index (Phi) is 8.52. The maximum Gasteiger partial charge on any atom is 0.324 e. The molecule has 0 spiro atoms. The molecule has 2 heterocycles. The van der Waals surface area contributed by atoms with Gasteiger partial charge < -0.3 is 15.4 Å². The van der Waals surface area contributed by atoms with Gasteiger partial charge in [-0.15, -0.1) is 0 Å². The van der Waals surface area contributed by atoms with Crippen LogP contribution in [0.15, 0.2) is 85.1 Å². The van der Waals surface area contributed by atoms with Crippen molar-refractivity contribution in [2.45, 2.75) is 53.0 Å². The molecule has 44 heavy (non-hydrogen) atoms. The first kappa shape index (κ1) is 30.1. The van der Waals surface area contributed by atoms with Crippen molar-refractivity contribution in [2.24, 2.45) is 0 Å². The van der Waals surface area contributed by atoms with Crippen LogP contribution in [0.5, 0.6) is 11.5 Å². The minimum atomic E-state index is -0.401. The van der Waals surface area contributed by atoms with Gasteiger partial charge >= 0.3 is 12.1 Å².